The molecule has 0 saturated carbocycles. The van der Waals surface area contributed by atoms with E-state index in [0.29, 0.717) is 32.2 Å². The van der Waals surface area contributed by atoms with Crippen LogP contribution in [0, 0.1) is 5.92 Å². The number of carbonyl (C=O) groups excluding carboxylic acids is 1. The lowest BCUT2D eigenvalue weighted by molar-refractivity contribution is -0.139. The Morgan fingerprint density at radius 3 is 2.85 bits per heavy atom. The number of fused-ring (bicyclic) bond motifs is 1. The lowest BCUT2D eigenvalue weighted by Crippen LogP contribution is -2.50. The minimum atomic E-state index is -0.403. The van der Waals surface area contributed by atoms with E-state index in [4.69, 9.17) is 14.2 Å². The van der Waals surface area contributed by atoms with E-state index in [1.165, 1.54) is 5.56 Å². The predicted molar refractivity (Wildman–Crippen MR) is 95.0 cm³/mol. The van der Waals surface area contributed by atoms with Gasteiger partial charge >= 0.3 is 0 Å². The van der Waals surface area contributed by atoms with Gasteiger partial charge in [-0.15, -0.1) is 0 Å². The lowest BCUT2D eigenvalue weighted by atomic mass is 10.0. The summed E-state index contributed by atoms with van der Waals surface area (Å²) >= 11 is 0. The molecular weight excluding hydrogens is 332 g/mol. The Bertz CT molecular complexity index is 737. The summed E-state index contributed by atoms with van der Waals surface area (Å²) in [5.74, 6) is 2.31. The molecule has 6 heteroatoms. The van der Waals surface area contributed by atoms with Crippen molar-refractivity contribution in [3.63, 3.8) is 0 Å². The second kappa shape index (κ2) is 5.86. The number of ether oxygens (including phenoxy) is 3. The summed E-state index contributed by atoms with van der Waals surface area (Å²) < 4.78 is 17.6. The summed E-state index contributed by atoms with van der Waals surface area (Å²) in [6.45, 7) is 7.98. The first-order chi connectivity index (χ1) is 12.6. The molecule has 4 aliphatic rings. The molecule has 4 heterocycles. The van der Waals surface area contributed by atoms with E-state index in [-0.39, 0.29) is 18.0 Å². The van der Waals surface area contributed by atoms with Gasteiger partial charge in [-0.3, -0.25) is 9.69 Å². The largest absolute Gasteiger partial charge is 0.486 e. The summed E-state index contributed by atoms with van der Waals surface area (Å²) in [5.41, 5.74) is 0.787. The number of rotatable bonds is 3. The maximum absolute atomic E-state index is 12.8. The van der Waals surface area contributed by atoms with Gasteiger partial charge in [0.2, 0.25) is 5.91 Å². The molecule has 140 valence electrons. The summed E-state index contributed by atoms with van der Waals surface area (Å²) in [6.07, 6.45) is 1.46. The van der Waals surface area contributed by atoms with E-state index < -0.39 is 5.72 Å². The fraction of sp³-hybridized carbons (Fsp3) is 0.650. The van der Waals surface area contributed by atoms with Crippen molar-refractivity contribution >= 4 is 5.91 Å². The van der Waals surface area contributed by atoms with E-state index >= 15 is 0 Å². The molecule has 1 aromatic carbocycles. The molecule has 0 aliphatic carbocycles. The van der Waals surface area contributed by atoms with Gasteiger partial charge in [0.1, 0.15) is 13.2 Å². The van der Waals surface area contributed by atoms with Crippen LogP contribution in [0.3, 0.4) is 0 Å². The Labute approximate surface area is 154 Å². The average Bonchev–Trinajstić information content (AvgIpc) is 3.25. The fourth-order valence-corrected chi connectivity index (χ4v) is 5.06. The van der Waals surface area contributed by atoms with Crippen LogP contribution in [-0.4, -0.2) is 59.9 Å². The third kappa shape index (κ3) is 2.28. The quantitative estimate of drug-likeness (QED) is 0.827. The lowest BCUT2D eigenvalue weighted by Gasteiger charge is -2.34. The Morgan fingerprint density at radius 2 is 2.04 bits per heavy atom. The molecule has 26 heavy (non-hydrogen) atoms. The summed E-state index contributed by atoms with van der Waals surface area (Å²) in [5, 5.41) is 0. The van der Waals surface area contributed by atoms with Crippen LogP contribution in [-0.2, 0) is 16.1 Å². The normalized spacial score (nSPS) is 33.0. The number of hydrogen-bond donors (Lipinski definition) is 0. The molecule has 5 rings (SSSR count). The highest BCUT2D eigenvalue weighted by molar-refractivity contribution is 5.82. The number of amides is 1. The molecule has 4 aliphatic heterocycles. The van der Waals surface area contributed by atoms with Gasteiger partial charge < -0.3 is 19.1 Å². The molecule has 0 radical (unpaired) electrons. The molecule has 1 amide bonds. The highest BCUT2D eigenvalue weighted by atomic mass is 16.6. The van der Waals surface area contributed by atoms with Crippen molar-refractivity contribution in [2.75, 3.05) is 26.4 Å². The van der Waals surface area contributed by atoms with Gasteiger partial charge in [0.25, 0.3) is 0 Å². The first kappa shape index (κ1) is 16.4. The maximum Gasteiger partial charge on any atom is 0.226 e. The molecule has 0 aromatic heterocycles. The first-order valence-corrected chi connectivity index (χ1v) is 9.67. The number of benzene rings is 1. The smallest absolute Gasteiger partial charge is 0.226 e. The van der Waals surface area contributed by atoms with Crippen molar-refractivity contribution in [2.24, 2.45) is 5.92 Å². The Morgan fingerprint density at radius 1 is 1.23 bits per heavy atom. The molecule has 6 nitrogen and oxygen atoms in total. The van der Waals surface area contributed by atoms with Gasteiger partial charge in [-0.1, -0.05) is 19.9 Å². The van der Waals surface area contributed by atoms with Gasteiger partial charge in [0.15, 0.2) is 17.2 Å². The van der Waals surface area contributed by atoms with Gasteiger partial charge in [0.05, 0.1) is 18.7 Å². The van der Waals surface area contributed by atoms with Gasteiger partial charge in [-0.2, -0.15) is 0 Å². The molecule has 3 fully saturated rings. The zero-order valence-electron chi connectivity index (χ0n) is 15.4. The van der Waals surface area contributed by atoms with E-state index in [9.17, 15) is 4.79 Å². The molecule has 1 aromatic rings. The number of likely N-dealkylation sites (tertiary alicyclic amines) is 1. The molecule has 1 spiro atoms. The molecule has 3 saturated heterocycles. The van der Waals surface area contributed by atoms with Crippen molar-refractivity contribution in [1.82, 2.24) is 9.80 Å². The Kier molecular flexibility index (Phi) is 3.69. The second-order valence-corrected chi connectivity index (χ2v) is 8.15. The third-order valence-corrected chi connectivity index (χ3v) is 6.36. The monoisotopic (exact) mass is 358 g/mol. The van der Waals surface area contributed by atoms with Crippen LogP contribution in [0.2, 0.25) is 0 Å². The average molecular weight is 358 g/mol. The molecule has 3 atom stereocenters. The minimum absolute atomic E-state index is 0.145. The van der Waals surface area contributed by atoms with Gasteiger partial charge in [-0.05, 0) is 23.6 Å². The van der Waals surface area contributed by atoms with E-state index in [2.05, 4.69) is 35.8 Å². The molecule has 0 bridgehead atoms. The highest BCUT2D eigenvalue weighted by Crippen LogP contribution is 2.49. The number of nitrogens with zero attached hydrogens (tertiary/aromatic N) is 2. The highest BCUT2D eigenvalue weighted by Gasteiger charge is 2.64. The van der Waals surface area contributed by atoms with Gasteiger partial charge in [-0.25, -0.2) is 0 Å². The SMILES string of the molecule is CC(C)[C@@H]1CO[C@@]23CCN(Cc4ccc5c(c4)OCCO5)[C@@H]2CC(=O)N13. The maximum atomic E-state index is 12.8. The van der Waals surface area contributed by atoms with Crippen molar-refractivity contribution in [3.8, 4) is 11.5 Å². The number of carbonyl (C=O) groups is 1. The molecule has 0 N–H and O–H groups in total. The van der Waals surface area contributed by atoms with Crippen LogP contribution < -0.4 is 9.47 Å². The van der Waals surface area contributed by atoms with Crippen molar-refractivity contribution in [1.29, 1.82) is 0 Å². The standard InChI is InChI=1S/C20H26N2O4/c1-13(2)15-12-26-20-5-6-21(18(20)10-19(23)22(15)20)11-14-3-4-16-17(9-14)25-8-7-24-16/h3-4,9,13,15,18H,5-8,10-12H2,1-2H3/t15-,18+,20-/m0/s1. The van der Waals surface area contributed by atoms with E-state index in [1.54, 1.807) is 0 Å². The Hall–Kier alpha value is -1.79. The van der Waals surface area contributed by atoms with Crippen molar-refractivity contribution in [3.05, 3.63) is 23.8 Å². The third-order valence-electron chi connectivity index (χ3n) is 6.36. The Balaban J connectivity index is 1.37. The van der Waals surface area contributed by atoms with Gasteiger partial charge in [0, 0.05) is 25.9 Å². The van der Waals surface area contributed by atoms with E-state index in [1.807, 2.05) is 6.07 Å². The van der Waals surface area contributed by atoms with Crippen LogP contribution >= 0.6 is 0 Å². The van der Waals surface area contributed by atoms with Crippen LogP contribution in [0.5, 0.6) is 11.5 Å². The zero-order chi connectivity index (χ0) is 17.9. The number of hydrogen-bond acceptors (Lipinski definition) is 5. The fourth-order valence-electron chi connectivity index (χ4n) is 5.06. The topological polar surface area (TPSA) is 51.2 Å². The summed E-state index contributed by atoms with van der Waals surface area (Å²) in [6, 6.07) is 6.51. The van der Waals surface area contributed by atoms with E-state index in [0.717, 1.165) is 31.0 Å². The van der Waals surface area contributed by atoms with Crippen LogP contribution in [0.25, 0.3) is 0 Å². The van der Waals surface area contributed by atoms with Crippen LogP contribution in [0.15, 0.2) is 18.2 Å². The molecular formula is C20H26N2O4. The minimum Gasteiger partial charge on any atom is -0.486 e. The van der Waals surface area contributed by atoms with Crippen LogP contribution in [0.4, 0.5) is 0 Å². The summed E-state index contributed by atoms with van der Waals surface area (Å²) in [4.78, 5) is 17.2. The first-order valence-electron chi connectivity index (χ1n) is 9.67. The van der Waals surface area contributed by atoms with Crippen molar-refractivity contribution < 1.29 is 19.0 Å². The summed E-state index contributed by atoms with van der Waals surface area (Å²) in [7, 11) is 0. The van der Waals surface area contributed by atoms with Crippen molar-refractivity contribution in [2.45, 2.75) is 51.0 Å². The second-order valence-electron chi connectivity index (χ2n) is 8.15. The zero-order valence-corrected chi connectivity index (χ0v) is 15.4. The predicted octanol–water partition coefficient (Wildman–Crippen LogP) is 2.02. The van der Waals surface area contributed by atoms with Crippen LogP contribution in [0.1, 0.15) is 32.3 Å². The molecule has 0 unspecified atom stereocenters.